The van der Waals surface area contributed by atoms with E-state index < -0.39 is 0 Å². The first kappa shape index (κ1) is 16.7. The Balaban J connectivity index is 1.48. The SMILES string of the molecule is O=C(CCC1CCCN(Cc2c(F)cccc2Cl)C1)NC1CC1. The molecule has 1 aromatic carbocycles. The summed E-state index contributed by atoms with van der Waals surface area (Å²) in [5, 5.41) is 3.54. The second kappa shape index (κ2) is 7.63. The summed E-state index contributed by atoms with van der Waals surface area (Å²) in [7, 11) is 0. The van der Waals surface area contributed by atoms with Crippen LogP contribution in [-0.4, -0.2) is 29.9 Å². The predicted molar refractivity (Wildman–Crippen MR) is 89.8 cm³/mol. The zero-order chi connectivity index (χ0) is 16.2. The Kier molecular flexibility index (Phi) is 5.54. The molecule has 1 saturated heterocycles. The van der Waals surface area contributed by atoms with E-state index in [-0.39, 0.29) is 11.7 Å². The van der Waals surface area contributed by atoms with Crippen molar-refractivity contribution < 1.29 is 9.18 Å². The minimum Gasteiger partial charge on any atom is -0.353 e. The van der Waals surface area contributed by atoms with E-state index in [1.54, 1.807) is 12.1 Å². The summed E-state index contributed by atoms with van der Waals surface area (Å²) < 4.78 is 13.9. The van der Waals surface area contributed by atoms with Crippen LogP contribution in [0, 0.1) is 11.7 Å². The molecule has 2 fully saturated rings. The molecule has 2 aliphatic rings. The maximum absolute atomic E-state index is 13.9. The second-order valence-electron chi connectivity index (χ2n) is 6.82. The maximum atomic E-state index is 13.9. The molecule has 23 heavy (non-hydrogen) atoms. The Morgan fingerprint density at radius 1 is 1.35 bits per heavy atom. The molecule has 3 rings (SSSR count). The smallest absolute Gasteiger partial charge is 0.220 e. The highest BCUT2D eigenvalue weighted by Crippen LogP contribution is 2.26. The standard InChI is InChI=1S/C18H24ClFN2O/c19-16-4-1-5-17(20)15(16)12-22-10-2-3-13(11-22)6-9-18(23)21-14-7-8-14/h1,4-5,13-14H,2-3,6-12H2,(H,21,23). The number of halogens is 2. The quantitative estimate of drug-likeness (QED) is 0.856. The van der Waals surface area contributed by atoms with E-state index in [4.69, 9.17) is 11.6 Å². The minimum absolute atomic E-state index is 0.182. The van der Waals surface area contributed by atoms with Crippen LogP contribution in [0.1, 0.15) is 44.1 Å². The van der Waals surface area contributed by atoms with E-state index in [0.29, 0.717) is 35.5 Å². The number of likely N-dealkylation sites (tertiary alicyclic amines) is 1. The molecule has 126 valence electrons. The van der Waals surface area contributed by atoms with Gasteiger partial charge in [-0.1, -0.05) is 17.7 Å². The van der Waals surface area contributed by atoms with E-state index in [9.17, 15) is 9.18 Å². The first-order valence-corrected chi connectivity index (χ1v) is 8.94. The van der Waals surface area contributed by atoms with Crippen molar-refractivity contribution in [2.75, 3.05) is 13.1 Å². The molecule has 0 spiro atoms. The van der Waals surface area contributed by atoms with Crippen LogP contribution in [0.3, 0.4) is 0 Å². The highest BCUT2D eigenvalue weighted by molar-refractivity contribution is 6.31. The third-order valence-electron chi connectivity index (χ3n) is 4.77. The van der Waals surface area contributed by atoms with Gasteiger partial charge in [-0.05, 0) is 56.7 Å². The largest absolute Gasteiger partial charge is 0.353 e. The van der Waals surface area contributed by atoms with Crippen LogP contribution in [0.4, 0.5) is 4.39 Å². The van der Waals surface area contributed by atoms with Crippen LogP contribution in [0.15, 0.2) is 18.2 Å². The number of hydrogen-bond acceptors (Lipinski definition) is 2. The molecule has 5 heteroatoms. The molecular formula is C18H24ClFN2O. The third-order valence-corrected chi connectivity index (χ3v) is 5.12. The van der Waals surface area contributed by atoms with Gasteiger partial charge in [0.25, 0.3) is 0 Å². The molecule has 1 saturated carbocycles. The van der Waals surface area contributed by atoms with Gasteiger partial charge in [0.1, 0.15) is 5.82 Å². The van der Waals surface area contributed by atoms with Crippen molar-refractivity contribution in [1.29, 1.82) is 0 Å². The van der Waals surface area contributed by atoms with Gasteiger partial charge in [-0.15, -0.1) is 0 Å². The van der Waals surface area contributed by atoms with Gasteiger partial charge in [0.15, 0.2) is 0 Å². The van der Waals surface area contributed by atoms with E-state index in [2.05, 4.69) is 10.2 Å². The maximum Gasteiger partial charge on any atom is 0.220 e. The number of carbonyl (C=O) groups excluding carboxylic acids is 1. The van der Waals surface area contributed by atoms with Gasteiger partial charge in [0.05, 0.1) is 0 Å². The molecule has 3 nitrogen and oxygen atoms in total. The zero-order valence-corrected chi connectivity index (χ0v) is 14.1. The Labute approximate surface area is 142 Å². The highest BCUT2D eigenvalue weighted by Gasteiger charge is 2.25. The average Bonchev–Trinajstić information content (AvgIpc) is 3.33. The molecule has 1 atom stereocenters. The van der Waals surface area contributed by atoms with Gasteiger partial charge in [0.2, 0.25) is 5.91 Å². The van der Waals surface area contributed by atoms with E-state index in [1.807, 2.05) is 0 Å². The summed E-state index contributed by atoms with van der Waals surface area (Å²) in [5.41, 5.74) is 0.585. The number of rotatable bonds is 6. The highest BCUT2D eigenvalue weighted by atomic mass is 35.5. The Hall–Kier alpha value is -1.13. The molecule has 1 aliphatic carbocycles. The van der Waals surface area contributed by atoms with Gasteiger partial charge < -0.3 is 5.32 Å². The second-order valence-corrected chi connectivity index (χ2v) is 7.23. The summed E-state index contributed by atoms with van der Waals surface area (Å²) in [6, 6.07) is 5.28. The fourth-order valence-corrected chi connectivity index (χ4v) is 3.52. The van der Waals surface area contributed by atoms with Crippen molar-refractivity contribution >= 4 is 17.5 Å². The third kappa shape index (κ3) is 4.92. The van der Waals surface area contributed by atoms with Crippen molar-refractivity contribution in [3.63, 3.8) is 0 Å². The molecular weight excluding hydrogens is 315 g/mol. The fraction of sp³-hybridized carbons (Fsp3) is 0.611. The van der Waals surface area contributed by atoms with Crippen molar-refractivity contribution in [3.8, 4) is 0 Å². The van der Waals surface area contributed by atoms with Crippen LogP contribution in [0.25, 0.3) is 0 Å². The molecule has 1 N–H and O–H groups in total. The van der Waals surface area contributed by atoms with Gasteiger partial charge >= 0.3 is 0 Å². The first-order valence-electron chi connectivity index (χ1n) is 8.56. The summed E-state index contributed by atoms with van der Waals surface area (Å²) in [6.07, 6.45) is 6.04. The van der Waals surface area contributed by atoms with Crippen molar-refractivity contribution in [2.45, 2.75) is 51.1 Å². The van der Waals surface area contributed by atoms with E-state index in [0.717, 1.165) is 45.2 Å². The van der Waals surface area contributed by atoms with Crippen LogP contribution >= 0.6 is 11.6 Å². The number of piperidine rings is 1. The van der Waals surface area contributed by atoms with Crippen LogP contribution < -0.4 is 5.32 Å². The molecule has 1 aliphatic heterocycles. The summed E-state index contributed by atoms with van der Waals surface area (Å²) >= 11 is 6.12. The van der Waals surface area contributed by atoms with Gasteiger partial charge in [-0.25, -0.2) is 4.39 Å². The fourth-order valence-electron chi connectivity index (χ4n) is 3.30. The lowest BCUT2D eigenvalue weighted by Crippen LogP contribution is -2.36. The first-order chi connectivity index (χ1) is 11.1. The zero-order valence-electron chi connectivity index (χ0n) is 13.4. The summed E-state index contributed by atoms with van der Waals surface area (Å²) in [5.74, 6) is 0.462. The number of nitrogens with one attached hydrogen (secondary N) is 1. The minimum atomic E-state index is -0.233. The molecule has 0 aromatic heterocycles. The van der Waals surface area contributed by atoms with E-state index in [1.165, 1.54) is 6.07 Å². The van der Waals surface area contributed by atoms with Gasteiger partial charge in [0, 0.05) is 36.1 Å². The number of amides is 1. The van der Waals surface area contributed by atoms with Gasteiger partial charge in [-0.3, -0.25) is 9.69 Å². The van der Waals surface area contributed by atoms with Crippen molar-refractivity contribution in [1.82, 2.24) is 10.2 Å². The molecule has 0 bridgehead atoms. The van der Waals surface area contributed by atoms with Crippen LogP contribution in [-0.2, 0) is 11.3 Å². The Bertz CT molecular complexity index is 542. The molecule has 1 unspecified atom stereocenters. The monoisotopic (exact) mass is 338 g/mol. The normalized spacial score (nSPS) is 22.1. The summed E-state index contributed by atoms with van der Waals surface area (Å²) in [4.78, 5) is 14.1. The Morgan fingerprint density at radius 3 is 2.91 bits per heavy atom. The average molecular weight is 339 g/mol. The molecule has 1 amide bonds. The van der Waals surface area contributed by atoms with E-state index >= 15 is 0 Å². The van der Waals surface area contributed by atoms with Crippen molar-refractivity contribution in [3.05, 3.63) is 34.6 Å². The topological polar surface area (TPSA) is 32.3 Å². The number of nitrogens with zero attached hydrogens (tertiary/aromatic N) is 1. The van der Waals surface area contributed by atoms with Gasteiger partial charge in [-0.2, -0.15) is 0 Å². The van der Waals surface area contributed by atoms with Crippen molar-refractivity contribution in [2.24, 2.45) is 5.92 Å². The molecule has 0 radical (unpaired) electrons. The number of hydrogen-bond donors (Lipinski definition) is 1. The lowest BCUT2D eigenvalue weighted by Gasteiger charge is -2.33. The molecule has 1 heterocycles. The number of benzene rings is 1. The lowest BCUT2D eigenvalue weighted by molar-refractivity contribution is -0.121. The predicted octanol–water partition coefficient (Wildman–Crippen LogP) is 3.75. The van der Waals surface area contributed by atoms with Crippen LogP contribution in [0.5, 0.6) is 0 Å². The van der Waals surface area contributed by atoms with Crippen LogP contribution in [0.2, 0.25) is 5.02 Å². The summed E-state index contributed by atoms with van der Waals surface area (Å²) in [6.45, 7) is 2.44. The lowest BCUT2D eigenvalue weighted by atomic mass is 9.93. The number of carbonyl (C=O) groups is 1. The molecule has 1 aromatic rings. The Morgan fingerprint density at radius 2 is 2.17 bits per heavy atom.